The second-order valence-electron chi connectivity index (χ2n) is 2.76. The van der Waals surface area contributed by atoms with Crippen molar-refractivity contribution < 1.29 is 4.43 Å². The molecular weight excluding hydrogens is 152 g/mol. The molecule has 2 heteroatoms. The van der Waals surface area contributed by atoms with Crippen LogP contribution in [0.3, 0.4) is 0 Å². The molecule has 0 saturated heterocycles. The minimum atomic E-state index is -1.52. The largest absolute Gasteiger partial charge is 0.420 e. The third-order valence-corrected chi connectivity index (χ3v) is 4.95. The van der Waals surface area contributed by atoms with E-state index in [-0.39, 0.29) is 0 Å². The van der Waals surface area contributed by atoms with E-state index in [1.807, 2.05) is 12.2 Å². The second kappa shape index (κ2) is 5.14. The van der Waals surface area contributed by atoms with Crippen molar-refractivity contribution >= 4 is 8.32 Å². The van der Waals surface area contributed by atoms with Gasteiger partial charge in [-0.3, -0.25) is 0 Å². The minimum absolute atomic E-state index is 0.971. The van der Waals surface area contributed by atoms with Crippen LogP contribution in [0.2, 0.25) is 18.6 Å². The third-order valence-electron chi connectivity index (χ3n) is 1.75. The Morgan fingerprint density at radius 3 is 2.55 bits per heavy atom. The molecule has 0 bridgehead atoms. The lowest BCUT2D eigenvalue weighted by atomic mass is 10.7. The van der Waals surface area contributed by atoms with Gasteiger partial charge < -0.3 is 4.43 Å². The van der Waals surface area contributed by atoms with Crippen molar-refractivity contribution in [3.63, 3.8) is 0 Å². The molecule has 0 heterocycles. The lowest BCUT2D eigenvalue weighted by Crippen LogP contribution is -2.31. The first-order valence-corrected chi connectivity index (χ1v) is 6.51. The first-order valence-electron chi connectivity index (χ1n) is 3.69. The number of hydrogen-bond donors (Lipinski definition) is 0. The van der Waals surface area contributed by atoms with Gasteiger partial charge in [-0.25, -0.2) is 0 Å². The van der Waals surface area contributed by atoms with Gasteiger partial charge >= 0.3 is 0 Å². The van der Waals surface area contributed by atoms with Crippen LogP contribution in [0, 0.1) is 0 Å². The van der Waals surface area contributed by atoms with Crippen molar-refractivity contribution in [1.29, 1.82) is 0 Å². The summed E-state index contributed by atoms with van der Waals surface area (Å²) in [5.74, 6) is 0. The monoisotopic (exact) mass is 168 g/mol. The van der Waals surface area contributed by atoms with Crippen LogP contribution in [0.5, 0.6) is 0 Å². The standard InChI is InChI=1S/C9H16OSi/c1-5-7-9-11(4,10-3)8-6-2/h6-7H,1-2,8-9H2,3-4H3. The molecule has 62 valence electrons. The SMILES string of the molecule is C=C=CC[Si](C)(CC=C)OC. The Morgan fingerprint density at radius 1 is 1.55 bits per heavy atom. The molecule has 0 amide bonds. The predicted molar refractivity (Wildman–Crippen MR) is 52.1 cm³/mol. The Labute approximate surface area is 70.2 Å². The van der Waals surface area contributed by atoms with Gasteiger partial charge in [0, 0.05) is 7.11 Å². The molecule has 0 fully saturated rings. The quantitative estimate of drug-likeness (QED) is 0.348. The first-order chi connectivity index (χ1) is 5.18. The van der Waals surface area contributed by atoms with Crippen LogP contribution in [-0.4, -0.2) is 15.4 Å². The van der Waals surface area contributed by atoms with E-state index in [1.165, 1.54) is 0 Å². The highest BCUT2D eigenvalue weighted by Gasteiger charge is 2.23. The normalized spacial score (nSPS) is 14.7. The maximum Gasteiger partial charge on any atom is 0.197 e. The van der Waals surface area contributed by atoms with E-state index in [9.17, 15) is 0 Å². The number of rotatable bonds is 5. The maximum absolute atomic E-state index is 5.45. The van der Waals surface area contributed by atoms with Crippen LogP contribution in [0.15, 0.2) is 31.0 Å². The molecular formula is C9H16OSi. The van der Waals surface area contributed by atoms with E-state index in [1.54, 1.807) is 7.11 Å². The van der Waals surface area contributed by atoms with E-state index < -0.39 is 8.32 Å². The molecule has 1 atom stereocenters. The molecule has 0 rings (SSSR count). The highest BCUT2D eigenvalue weighted by atomic mass is 28.4. The molecule has 0 aliphatic heterocycles. The Morgan fingerprint density at radius 2 is 2.18 bits per heavy atom. The molecule has 0 spiro atoms. The summed E-state index contributed by atoms with van der Waals surface area (Å²) in [7, 11) is 0.250. The Balaban J connectivity index is 4.07. The van der Waals surface area contributed by atoms with Crippen molar-refractivity contribution in [3.8, 4) is 0 Å². The molecule has 0 radical (unpaired) electrons. The maximum atomic E-state index is 5.45. The lowest BCUT2D eigenvalue weighted by Gasteiger charge is -2.21. The fraction of sp³-hybridized carbons (Fsp3) is 0.444. The molecule has 11 heavy (non-hydrogen) atoms. The van der Waals surface area contributed by atoms with Gasteiger partial charge in [-0.2, -0.15) is 0 Å². The summed E-state index contributed by atoms with van der Waals surface area (Å²) in [6, 6.07) is 1.96. The van der Waals surface area contributed by atoms with E-state index in [2.05, 4.69) is 25.4 Å². The van der Waals surface area contributed by atoms with Gasteiger partial charge in [0.25, 0.3) is 0 Å². The van der Waals surface area contributed by atoms with Crippen molar-refractivity contribution in [2.45, 2.75) is 18.6 Å². The first kappa shape index (κ1) is 10.4. The van der Waals surface area contributed by atoms with E-state index in [0.717, 1.165) is 12.1 Å². The fourth-order valence-corrected chi connectivity index (χ4v) is 2.53. The molecule has 0 aliphatic carbocycles. The average molecular weight is 168 g/mol. The molecule has 0 saturated carbocycles. The van der Waals surface area contributed by atoms with E-state index in [0.29, 0.717) is 0 Å². The van der Waals surface area contributed by atoms with Gasteiger partial charge in [0.1, 0.15) is 0 Å². The van der Waals surface area contributed by atoms with Crippen molar-refractivity contribution in [3.05, 3.63) is 31.0 Å². The summed E-state index contributed by atoms with van der Waals surface area (Å²) < 4.78 is 5.45. The topological polar surface area (TPSA) is 9.23 Å². The molecule has 0 aliphatic rings. The fourth-order valence-electron chi connectivity index (χ4n) is 0.843. The van der Waals surface area contributed by atoms with Gasteiger partial charge in [-0.05, 0) is 24.7 Å². The summed E-state index contributed by atoms with van der Waals surface area (Å²) in [5, 5.41) is 0. The molecule has 0 N–H and O–H groups in total. The summed E-state index contributed by atoms with van der Waals surface area (Å²) in [6.45, 7) is 9.41. The van der Waals surface area contributed by atoms with Gasteiger partial charge in [0.15, 0.2) is 8.32 Å². The summed E-state index contributed by atoms with van der Waals surface area (Å²) in [6.07, 6.45) is 3.87. The zero-order chi connectivity index (χ0) is 8.74. The summed E-state index contributed by atoms with van der Waals surface area (Å²) >= 11 is 0. The van der Waals surface area contributed by atoms with Gasteiger partial charge in [-0.1, -0.05) is 12.7 Å². The van der Waals surface area contributed by atoms with Crippen LogP contribution in [0.25, 0.3) is 0 Å². The highest BCUT2D eigenvalue weighted by molar-refractivity contribution is 6.73. The summed E-state index contributed by atoms with van der Waals surface area (Å²) in [5.41, 5.74) is 2.76. The zero-order valence-electron chi connectivity index (χ0n) is 7.39. The van der Waals surface area contributed by atoms with Crippen LogP contribution >= 0.6 is 0 Å². The van der Waals surface area contributed by atoms with E-state index in [4.69, 9.17) is 4.43 Å². The van der Waals surface area contributed by atoms with Crippen molar-refractivity contribution in [2.24, 2.45) is 0 Å². The van der Waals surface area contributed by atoms with Crippen molar-refractivity contribution in [2.75, 3.05) is 7.11 Å². The molecule has 1 unspecified atom stereocenters. The molecule has 0 aromatic carbocycles. The van der Waals surface area contributed by atoms with Crippen LogP contribution in [0.1, 0.15) is 0 Å². The Kier molecular flexibility index (Phi) is 4.87. The van der Waals surface area contributed by atoms with Crippen LogP contribution in [-0.2, 0) is 4.43 Å². The zero-order valence-corrected chi connectivity index (χ0v) is 8.39. The van der Waals surface area contributed by atoms with Crippen molar-refractivity contribution in [1.82, 2.24) is 0 Å². The lowest BCUT2D eigenvalue weighted by molar-refractivity contribution is 0.403. The van der Waals surface area contributed by atoms with Gasteiger partial charge in [0.2, 0.25) is 0 Å². The van der Waals surface area contributed by atoms with Crippen LogP contribution < -0.4 is 0 Å². The Bertz CT molecular complexity index is 170. The van der Waals surface area contributed by atoms with Gasteiger partial charge in [-0.15, -0.1) is 12.3 Å². The van der Waals surface area contributed by atoms with Gasteiger partial charge in [0.05, 0.1) is 0 Å². The number of allylic oxidation sites excluding steroid dienone is 2. The second-order valence-corrected chi connectivity index (χ2v) is 6.88. The van der Waals surface area contributed by atoms with E-state index >= 15 is 0 Å². The Hall–Kier alpha value is -0.563. The smallest absolute Gasteiger partial charge is 0.197 e. The average Bonchev–Trinajstić information content (AvgIpc) is 2.02. The molecule has 0 aromatic heterocycles. The van der Waals surface area contributed by atoms with Crippen LogP contribution in [0.4, 0.5) is 0 Å². The summed E-state index contributed by atoms with van der Waals surface area (Å²) in [4.78, 5) is 0. The third kappa shape index (κ3) is 3.99. The number of hydrogen-bond acceptors (Lipinski definition) is 1. The highest BCUT2D eigenvalue weighted by Crippen LogP contribution is 2.16. The molecule has 0 aromatic rings. The molecule has 1 nitrogen and oxygen atoms in total. The predicted octanol–water partition coefficient (Wildman–Crippen LogP) is 2.74. The minimum Gasteiger partial charge on any atom is -0.420 e.